The van der Waals surface area contributed by atoms with Crippen LogP contribution in [0.25, 0.3) is 0 Å². The number of hydrogen-bond donors (Lipinski definition) is 1. The Hall–Kier alpha value is -0.650. The summed E-state index contributed by atoms with van der Waals surface area (Å²) < 4.78 is 6.57. The fourth-order valence-electron chi connectivity index (χ4n) is 2.18. The second-order valence-electron chi connectivity index (χ2n) is 4.64. The molecular formula is C13H19BrN2O2. The van der Waals surface area contributed by atoms with Crippen LogP contribution in [0.5, 0.6) is 5.75 Å². The standard InChI is InChI=1S/C13H19BrN2O2/c14-13-2-1-12(9-15-13)18-10-11-3-5-16(6-4-11)7-8-17/h1-2,9,11,17H,3-8,10H2. The molecule has 1 aliphatic rings. The maximum Gasteiger partial charge on any atom is 0.137 e. The van der Waals surface area contributed by atoms with Crippen LogP contribution in [0.3, 0.4) is 0 Å². The lowest BCUT2D eigenvalue weighted by molar-refractivity contribution is 0.122. The Morgan fingerprint density at radius 3 is 2.78 bits per heavy atom. The first-order valence-electron chi connectivity index (χ1n) is 6.35. The Morgan fingerprint density at radius 1 is 1.39 bits per heavy atom. The third-order valence-electron chi connectivity index (χ3n) is 3.31. The molecule has 0 atom stereocenters. The van der Waals surface area contributed by atoms with Crippen molar-refractivity contribution in [3.8, 4) is 5.75 Å². The van der Waals surface area contributed by atoms with E-state index in [2.05, 4.69) is 25.8 Å². The van der Waals surface area contributed by atoms with E-state index in [0.29, 0.717) is 5.92 Å². The molecule has 2 heterocycles. The van der Waals surface area contributed by atoms with Gasteiger partial charge in [-0.3, -0.25) is 0 Å². The number of pyridine rings is 1. The van der Waals surface area contributed by atoms with E-state index in [4.69, 9.17) is 9.84 Å². The predicted octanol–water partition coefficient (Wildman–Crippen LogP) is 1.93. The van der Waals surface area contributed by atoms with E-state index in [1.807, 2.05) is 12.1 Å². The third kappa shape index (κ3) is 4.23. The molecule has 0 spiro atoms. The number of likely N-dealkylation sites (tertiary alicyclic amines) is 1. The van der Waals surface area contributed by atoms with Gasteiger partial charge in [-0.25, -0.2) is 4.98 Å². The summed E-state index contributed by atoms with van der Waals surface area (Å²) in [5, 5.41) is 8.88. The summed E-state index contributed by atoms with van der Waals surface area (Å²) in [4.78, 5) is 6.44. The molecule has 0 unspecified atom stereocenters. The van der Waals surface area contributed by atoms with Gasteiger partial charge in [-0.15, -0.1) is 0 Å². The van der Waals surface area contributed by atoms with Gasteiger partial charge in [0.25, 0.3) is 0 Å². The molecule has 0 saturated carbocycles. The molecule has 1 aliphatic heterocycles. The zero-order valence-corrected chi connectivity index (χ0v) is 12.0. The fraction of sp³-hybridized carbons (Fsp3) is 0.615. The van der Waals surface area contributed by atoms with Gasteiger partial charge in [-0.1, -0.05) is 0 Å². The smallest absolute Gasteiger partial charge is 0.137 e. The monoisotopic (exact) mass is 314 g/mol. The molecule has 1 aromatic heterocycles. The van der Waals surface area contributed by atoms with Gasteiger partial charge in [-0.2, -0.15) is 0 Å². The lowest BCUT2D eigenvalue weighted by Gasteiger charge is -2.31. The van der Waals surface area contributed by atoms with Crippen LogP contribution in [-0.2, 0) is 0 Å². The molecule has 0 amide bonds. The number of halogens is 1. The van der Waals surface area contributed by atoms with Crippen molar-refractivity contribution < 1.29 is 9.84 Å². The van der Waals surface area contributed by atoms with Crippen LogP contribution in [0.4, 0.5) is 0 Å². The molecule has 1 N–H and O–H groups in total. The first-order chi connectivity index (χ1) is 8.78. The average molecular weight is 315 g/mol. The molecule has 100 valence electrons. The zero-order valence-electron chi connectivity index (χ0n) is 10.4. The molecule has 2 rings (SSSR count). The molecule has 0 aromatic carbocycles. The Morgan fingerprint density at radius 2 is 2.17 bits per heavy atom. The lowest BCUT2D eigenvalue weighted by atomic mass is 9.98. The van der Waals surface area contributed by atoms with Gasteiger partial charge >= 0.3 is 0 Å². The van der Waals surface area contributed by atoms with Gasteiger partial charge < -0.3 is 14.7 Å². The van der Waals surface area contributed by atoms with Crippen molar-refractivity contribution in [3.05, 3.63) is 22.9 Å². The van der Waals surface area contributed by atoms with E-state index in [-0.39, 0.29) is 6.61 Å². The highest BCUT2D eigenvalue weighted by Crippen LogP contribution is 2.19. The summed E-state index contributed by atoms with van der Waals surface area (Å²) in [5.74, 6) is 1.44. The highest BCUT2D eigenvalue weighted by molar-refractivity contribution is 9.10. The quantitative estimate of drug-likeness (QED) is 0.844. The second-order valence-corrected chi connectivity index (χ2v) is 5.45. The number of aliphatic hydroxyl groups excluding tert-OH is 1. The number of β-amino-alcohol motifs (C(OH)–C–C–N with tert-alkyl or cyclic N) is 1. The van der Waals surface area contributed by atoms with Crippen molar-refractivity contribution in [2.24, 2.45) is 5.92 Å². The van der Waals surface area contributed by atoms with E-state index in [0.717, 1.165) is 49.4 Å². The maximum absolute atomic E-state index is 8.88. The highest BCUT2D eigenvalue weighted by atomic mass is 79.9. The molecule has 0 radical (unpaired) electrons. The van der Waals surface area contributed by atoms with Gasteiger partial charge in [0, 0.05) is 6.54 Å². The van der Waals surface area contributed by atoms with Gasteiger partial charge in [0.05, 0.1) is 19.4 Å². The average Bonchev–Trinajstić information content (AvgIpc) is 2.40. The van der Waals surface area contributed by atoms with Crippen LogP contribution >= 0.6 is 15.9 Å². The maximum atomic E-state index is 8.88. The summed E-state index contributed by atoms with van der Waals surface area (Å²) >= 11 is 3.30. The molecule has 0 aliphatic carbocycles. The summed E-state index contributed by atoms with van der Waals surface area (Å²) in [6.07, 6.45) is 4.03. The molecule has 0 bridgehead atoms. The van der Waals surface area contributed by atoms with Gasteiger partial charge in [0.2, 0.25) is 0 Å². The third-order valence-corrected chi connectivity index (χ3v) is 3.78. The van der Waals surface area contributed by atoms with E-state index in [9.17, 15) is 0 Å². The second kappa shape index (κ2) is 7.07. The van der Waals surface area contributed by atoms with Gasteiger partial charge in [0.15, 0.2) is 0 Å². The molecule has 1 aromatic rings. The Kier molecular flexibility index (Phi) is 5.41. The predicted molar refractivity (Wildman–Crippen MR) is 73.7 cm³/mol. The number of hydrogen-bond acceptors (Lipinski definition) is 4. The molecule has 18 heavy (non-hydrogen) atoms. The molecule has 5 heteroatoms. The van der Waals surface area contributed by atoms with Crippen LogP contribution in [0.2, 0.25) is 0 Å². The minimum atomic E-state index is 0.256. The van der Waals surface area contributed by atoms with E-state index in [1.54, 1.807) is 6.20 Å². The largest absolute Gasteiger partial charge is 0.492 e. The van der Waals surface area contributed by atoms with Crippen LogP contribution < -0.4 is 4.74 Å². The number of ether oxygens (including phenoxy) is 1. The number of piperidine rings is 1. The number of rotatable bonds is 5. The molecule has 4 nitrogen and oxygen atoms in total. The topological polar surface area (TPSA) is 45.6 Å². The highest BCUT2D eigenvalue weighted by Gasteiger charge is 2.19. The SMILES string of the molecule is OCCN1CCC(COc2ccc(Br)nc2)CC1. The van der Waals surface area contributed by atoms with E-state index >= 15 is 0 Å². The van der Waals surface area contributed by atoms with Crippen molar-refractivity contribution in [3.63, 3.8) is 0 Å². The first-order valence-corrected chi connectivity index (χ1v) is 7.15. The van der Waals surface area contributed by atoms with Crippen LogP contribution in [0, 0.1) is 5.92 Å². The van der Waals surface area contributed by atoms with Crippen molar-refractivity contribution in [1.82, 2.24) is 9.88 Å². The number of aromatic nitrogens is 1. The van der Waals surface area contributed by atoms with Crippen LogP contribution in [0.1, 0.15) is 12.8 Å². The zero-order chi connectivity index (χ0) is 12.8. The van der Waals surface area contributed by atoms with E-state index in [1.165, 1.54) is 0 Å². The van der Waals surface area contributed by atoms with Gasteiger partial charge in [0.1, 0.15) is 10.4 Å². The summed E-state index contributed by atoms with van der Waals surface area (Å²) in [5.41, 5.74) is 0. The first kappa shape index (κ1) is 13.8. The van der Waals surface area contributed by atoms with Crippen LogP contribution in [0.15, 0.2) is 22.9 Å². The Balaban J connectivity index is 1.70. The molecular weight excluding hydrogens is 296 g/mol. The molecule has 1 fully saturated rings. The molecule has 1 saturated heterocycles. The Labute approximate surface area is 116 Å². The van der Waals surface area contributed by atoms with Crippen molar-refractivity contribution >= 4 is 15.9 Å². The van der Waals surface area contributed by atoms with Crippen molar-refractivity contribution in [1.29, 1.82) is 0 Å². The Bertz CT molecular complexity index is 351. The summed E-state index contributed by atoms with van der Waals surface area (Å²) in [6.45, 7) is 3.94. The minimum Gasteiger partial charge on any atom is -0.492 e. The van der Waals surface area contributed by atoms with E-state index < -0.39 is 0 Å². The van der Waals surface area contributed by atoms with Crippen LogP contribution in [-0.4, -0.2) is 47.8 Å². The number of nitrogens with zero attached hydrogens (tertiary/aromatic N) is 2. The minimum absolute atomic E-state index is 0.256. The van der Waals surface area contributed by atoms with Crippen molar-refractivity contribution in [2.75, 3.05) is 32.8 Å². The van der Waals surface area contributed by atoms with Crippen molar-refractivity contribution in [2.45, 2.75) is 12.8 Å². The lowest BCUT2D eigenvalue weighted by Crippen LogP contribution is -2.37. The summed E-state index contributed by atoms with van der Waals surface area (Å²) in [6, 6.07) is 3.82. The normalized spacial score (nSPS) is 17.9. The fourth-order valence-corrected chi connectivity index (χ4v) is 2.41. The van der Waals surface area contributed by atoms with Gasteiger partial charge in [-0.05, 0) is 59.9 Å². The summed E-state index contributed by atoms with van der Waals surface area (Å²) in [7, 11) is 0. The number of aliphatic hydroxyl groups is 1.